The summed E-state index contributed by atoms with van der Waals surface area (Å²) in [5.74, 6) is 0. The molecule has 7 heteroatoms. The molecule has 2 aromatic heterocycles. The van der Waals surface area contributed by atoms with Crippen molar-refractivity contribution >= 4 is 11.0 Å². The molecule has 0 spiro atoms. The predicted molar refractivity (Wildman–Crippen MR) is 99.0 cm³/mol. The van der Waals surface area contributed by atoms with Crippen molar-refractivity contribution in [2.75, 3.05) is 0 Å². The highest BCUT2D eigenvalue weighted by molar-refractivity contribution is 5.78. The molecular weight excluding hydrogens is 346 g/mol. The zero-order valence-corrected chi connectivity index (χ0v) is 15.0. The zero-order valence-electron chi connectivity index (χ0n) is 15.0. The summed E-state index contributed by atoms with van der Waals surface area (Å²) in [6, 6.07) is 11.7. The second-order valence-corrected chi connectivity index (χ2v) is 6.98. The van der Waals surface area contributed by atoms with E-state index in [1.807, 2.05) is 43.3 Å². The van der Waals surface area contributed by atoms with E-state index >= 15 is 0 Å². The van der Waals surface area contributed by atoms with Crippen LogP contribution >= 0.6 is 0 Å². The van der Waals surface area contributed by atoms with E-state index in [0.29, 0.717) is 18.5 Å². The van der Waals surface area contributed by atoms with E-state index in [4.69, 9.17) is 4.74 Å². The largest absolute Gasteiger partial charge is 0.390 e. The number of ether oxygens (including phenoxy) is 1. The Kier molecular flexibility index (Phi) is 4.92. The van der Waals surface area contributed by atoms with Gasteiger partial charge in [0.1, 0.15) is 30.3 Å². The fourth-order valence-corrected chi connectivity index (χ4v) is 3.66. The molecule has 0 bridgehead atoms. The number of fused-ring (bicyclic) bond motifs is 1. The summed E-state index contributed by atoms with van der Waals surface area (Å²) in [7, 11) is 0. The van der Waals surface area contributed by atoms with Gasteiger partial charge in [0, 0.05) is 11.6 Å². The highest BCUT2D eigenvalue weighted by Crippen LogP contribution is 2.34. The minimum atomic E-state index is -1.18. The van der Waals surface area contributed by atoms with E-state index < -0.39 is 30.6 Å². The highest BCUT2D eigenvalue weighted by Gasteiger charge is 2.46. The van der Waals surface area contributed by atoms with Gasteiger partial charge < -0.3 is 24.6 Å². The normalized spacial score (nSPS) is 26.5. The maximum Gasteiger partial charge on any atom is 0.164 e. The summed E-state index contributed by atoms with van der Waals surface area (Å²) in [5.41, 5.74) is 2.55. The number of aryl methyl sites for hydroxylation is 2. The van der Waals surface area contributed by atoms with Gasteiger partial charge in [-0.25, -0.2) is 9.97 Å². The van der Waals surface area contributed by atoms with Gasteiger partial charge in [0.25, 0.3) is 0 Å². The summed E-state index contributed by atoms with van der Waals surface area (Å²) in [6.07, 6.45) is -0.611. The van der Waals surface area contributed by atoms with Crippen LogP contribution in [0.3, 0.4) is 0 Å². The third-order valence-corrected chi connectivity index (χ3v) is 5.21. The third-order valence-electron chi connectivity index (χ3n) is 5.21. The fourth-order valence-electron chi connectivity index (χ4n) is 3.66. The van der Waals surface area contributed by atoms with Crippen molar-refractivity contribution in [2.45, 2.75) is 50.4 Å². The second kappa shape index (κ2) is 7.36. The molecule has 1 aliphatic rings. The number of benzene rings is 1. The number of aromatic nitrogens is 3. The number of rotatable bonds is 5. The van der Waals surface area contributed by atoms with Gasteiger partial charge in [-0.3, -0.25) is 0 Å². The number of hydrogen-bond donors (Lipinski definition) is 3. The van der Waals surface area contributed by atoms with Gasteiger partial charge in [0.2, 0.25) is 0 Å². The Bertz CT molecular complexity index is 914. The maximum absolute atomic E-state index is 10.5. The van der Waals surface area contributed by atoms with E-state index in [9.17, 15) is 15.3 Å². The van der Waals surface area contributed by atoms with Crippen molar-refractivity contribution in [3.63, 3.8) is 0 Å². The first kappa shape index (κ1) is 18.1. The van der Waals surface area contributed by atoms with Gasteiger partial charge in [-0.2, -0.15) is 0 Å². The van der Waals surface area contributed by atoms with Crippen molar-refractivity contribution in [1.29, 1.82) is 0 Å². The van der Waals surface area contributed by atoms with Gasteiger partial charge in [-0.05, 0) is 31.4 Å². The van der Waals surface area contributed by atoms with Crippen molar-refractivity contribution in [2.24, 2.45) is 0 Å². The molecule has 27 heavy (non-hydrogen) atoms. The van der Waals surface area contributed by atoms with Gasteiger partial charge in [0.15, 0.2) is 6.23 Å². The monoisotopic (exact) mass is 369 g/mol. The molecule has 0 aliphatic carbocycles. The minimum absolute atomic E-state index is 0.429. The van der Waals surface area contributed by atoms with Crippen LogP contribution in [0.2, 0.25) is 0 Å². The highest BCUT2D eigenvalue weighted by atomic mass is 16.6. The summed E-state index contributed by atoms with van der Waals surface area (Å²) in [4.78, 5) is 8.43. The first-order chi connectivity index (χ1) is 13.1. The molecule has 1 saturated heterocycles. The molecule has 4 rings (SSSR count). The Morgan fingerprint density at radius 1 is 1.11 bits per heavy atom. The molecule has 3 aromatic rings. The smallest absolute Gasteiger partial charge is 0.164 e. The lowest BCUT2D eigenvalue weighted by Gasteiger charge is -2.21. The van der Waals surface area contributed by atoms with Gasteiger partial charge in [-0.15, -0.1) is 0 Å². The first-order valence-electron chi connectivity index (χ1n) is 9.08. The molecule has 1 aliphatic heterocycles. The zero-order chi connectivity index (χ0) is 19.0. The Morgan fingerprint density at radius 3 is 2.67 bits per heavy atom. The molecule has 7 nitrogen and oxygen atoms in total. The topological polar surface area (TPSA) is 101 Å². The van der Waals surface area contributed by atoms with Crippen LogP contribution in [0.1, 0.15) is 23.9 Å². The summed E-state index contributed by atoms with van der Waals surface area (Å²) >= 11 is 0. The molecular formula is C20H23N3O4. The molecule has 0 unspecified atom stereocenters. The van der Waals surface area contributed by atoms with E-state index in [1.165, 1.54) is 6.33 Å². The second-order valence-electron chi connectivity index (χ2n) is 6.98. The van der Waals surface area contributed by atoms with Crippen LogP contribution in [0.5, 0.6) is 0 Å². The van der Waals surface area contributed by atoms with Crippen LogP contribution < -0.4 is 0 Å². The molecule has 1 aromatic carbocycles. The molecule has 142 valence electrons. The van der Waals surface area contributed by atoms with Gasteiger partial charge in [0.05, 0.1) is 11.8 Å². The number of nitrogens with zero attached hydrogens (tertiary/aromatic N) is 3. The van der Waals surface area contributed by atoms with E-state index in [-0.39, 0.29) is 0 Å². The van der Waals surface area contributed by atoms with E-state index in [0.717, 1.165) is 16.6 Å². The molecule has 3 N–H and O–H groups in total. The number of hydrogen-bond acceptors (Lipinski definition) is 6. The quantitative estimate of drug-likeness (QED) is 0.628. The van der Waals surface area contributed by atoms with Crippen LogP contribution in [0, 0.1) is 6.92 Å². The number of aliphatic hydroxyl groups excluding tert-OH is 3. The predicted octanol–water partition coefficient (Wildman–Crippen LogP) is 1.35. The van der Waals surface area contributed by atoms with Crippen LogP contribution in [-0.4, -0.2) is 54.3 Å². The molecule has 0 radical (unpaired) electrons. The van der Waals surface area contributed by atoms with E-state index in [2.05, 4.69) is 9.97 Å². The Morgan fingerprint density at radius 2 is 1.89 bits per heavy atom. The molecule has 0 saturated carbocycles. The van der Waals surface area contributed by atoms with Crippen LogP contribution in [0.4, 0.5) is 0 Å². The van der Waals surface area contributed by atoms with Crippen molar-refractivity contribution in [1.82, 2.24) is 14.5 Å². The molecule has 0 amide bonds. The maximum atomic E-state index is 10.5. The molecule has 3 heterocycles. The summed E-state index contributed by atoms with van der Waals surface area (Å²) in [5, 5.41) is 32.3. The standard InChI is InChI=1S/C20H23N3O4/c1-12-14-9-10-23(19(14)22-11-21-12)20-17(26)16(25)18(27-20)15(24)8-7-13-5-3-2-4-6-13/h2-6,9-11,15-18,20,24-26H,7-8H2,1H3/t15-,16+,17-,18-,20-/m1/s1. The average Bonchev–Trinajstić information content (AvgIpc) is 3.23. The van der Waals surface area contributed by atoms with Crippen molar-refractivity contribution in [3.05, 3.63) is 60.2 Å². The van der Waals surface area contributed by atoms with Crippen LogP contribution in [0.15, 0.2) is 48.9 Å². The Hall–Kier alpha value is -2.32. The third kappa shape index (κ3) is 3.35. The van der Waals surface area contributed by atoms with Crippen LogP contribution in [0.25, 0.3) is 11.0 Å². The Balaban J connectivity index is 1.51. The lowest BCUT2D eigenvalue weighted by molar-refractivity contribution is -0.0850. The fraction of sp³-hybridized carbons (Fsp3) is 0.400. The van der Waals surface area contributed by atoms with Gasteiger partial charge >= 0.3 is 0 Å². The van der Waals surface area contributed by atoms with Crippen LogP contribution in [-0.2, 0) is 11.2 Å². The average molecular weight is 369 g/mol. The summed E-state index contributed by atoms with van der Waals surface area (Å²) in [6.45, 7) is 1.88. The SMILES string of the molecule is Cc1ncnc2c1ccn2[C@@H]1O[C@H]([C@H](O)CCc2ccccc2)[C@@H](O)[C@H]1O. The van der Waals surface area contributed by atoms with Gasteiger partial charge in [-0.1, -0.05) is 30.3 Å². The lowest BCUT2D eigenvalue weighted by Crippen LogP contribution is -2.38. The van der Waals surface area contributed by atoms with E-state index in [1.54, 1.807) is 10.8 Å². The molecule has 5 atom stereocenters. The van der Waals surface area contributed by atoms with Crippen molar-refractivity contribution < 1.29 is 20.1 Å². The summed E-state index contributed by atoms with van der Waals surface area (Å²) < 4.78 is 7.56. The minimum Gasteiger partial charge on any atom is -0.390 e. The molecule has 1 fully saturated rings. The first-order valence-corrected chi connectivity index (χ1v) is 9.08. The van der Waals surface area contributed by atoms with Crippen molar-refractivity contribution in [3.8, 4) is 0 Å². The number of aliphatic hydroxyl groups is 3. The lowest BCUT2D eigenvalue weighted by atomic mass is 9.99. The Labute approximate surface area is 156 Å².